The second-order valence-electron chi connectivity index (χ2n) is 6.69. The van der Waals surface area contributed by atoms with Crippen LogP contribution in [0.5, 0.6) is 5.75 Å². The van der Waals surface area contributed by atoms with Crippen LogP contribution in [0.25, 0.3) is 0 Å². The van der Waals surface area contributed by atoms with E-state index in [9.17, 15) is 4.79 Å². The molecule has 0 spiro atoms. The van der Waals surface area contributed by atoms with E-state index in [0.29, 0.717) is 11.8 Å². The number of benzene rings is 2. The third-order valence-corrected chi connectivity index (χ3v) is 4.88. The molecule has 1 N–H and O–H groups in total. The van der Waals surface area contributed by atoms with Crippen molar-refractivity contribution in [1.29, 1.82) is 0 Å². The predicted octanol–water partition coefficient (Wildman–Crippen LogP) is 4.50. The van der Waals surface area contributed by atoms with Gasteiger partial charge >= 0.3 is 5.97 Å². The van der Waals surface area contributed by atoms with Crippen LogP contribution in [0.4, 0.5) is 0 Å². The standard InChI is InChI=1S/C22H21NO4/c24-22(25)21-11-10-19(27-21)15-26-18-8-6-16(7-9-18)14-23-13-12-20(23)17-4-2-1-3-5-17/h1-11,20H,12-15H2,(H,24,25). The molecule has 27 heavy (non-hydrogen) atoms. The Kier molecular flexibility index (Phi) is 4.94. The van der Waals surface area contributed by atoms with Crippen molar-refractivity contribution in [2.75, 3.05) is 6.54 Å². The number of carbonyl (C=O) groups is 1. The minimum absolute atomic E-state index is 0.0773. The van der Waals surface area contributed by atoms with Crippen molar-refractivity contribution in [2.45, 2.75) is 25.6 Å². The number of carboxylic acids is 1. The van der Waals surface area contributed by atoms with E-state index in [1.807, 2.05) is 12.1 Å². The minimum Gasteiger partial charge on any atom is -0.486 e. The Morgan fingerprint density at radius 3 is 2.48 bits per heavy atom. The van der Waals surface area contributed by atoms with E-state index in [1.165, 1.54) is 23.6 Å². The summed E-state index contributed by atoms with van der Waals surface area (Å²) < 4.78 is 10.9. The first-order chi connectivity index (χ1) is 13.2. The zero-order chi connectivity index (χ0) is 18.6. The largest absolute Gasteiger partial charge is 0.486 e. The molecule has 0 radical (unpaired) electrons. The lowest BCUT2D eigenvalue weighted by atomic mass is 9.94. The monoisotopic (exact) mass is 363 g/mol. The third-order valence-electron chi connectivity index (χ3n) is 4.88. The summed E-state index contributed by atoms with van der Waals surface area (Å²) in [4.78, 5) is 13.3. The number of rotatable bonds is 7. The lowest BCUT2D eigenvalue weighted by Crippen LogP contribution is -2.40. The highest BCUT2D eigenvalue weighted by atomic mass is 16.5. The molecule has 2 heterocycles. The van der Waals surface area contributed by atoms with Crippen molar-refractivity contribution in [2.24, 2.45) is 0 Å². The first kappa shape index (κ1) is 17.4. The molecule has 0 saturated carbocycles. The molecular weight excluding hydrogens is 342 g/mol. The van der Waals surface area contributed by atoms with Gasteiger partial charge in [-0.2, -0.15) is 0 Å². The van der Waals surface area contributed by atoms with E-state index in [2.05, 4.69) is 47.4 Å². The van der Waals surface area contributed by atoms with Crippen LogP contribution in [0, 0.1) is 0 Å². The summed E-state index contributed by atoms with van der Waals surface area (Å²) in [6.07, 6.45) is 1.20. The van der Waals surface area contributed by atoms with Crippen LogP contribution in [-0.2, 0) is 13.2 Å². The molecule has 1 aliphatic rings. The second-order valence-corrected chi connectivity index (χ2v) is 6.69. The van der Waals surface area contributed by atoms with Gasteiger partial charge in [0.15, 0.2) is 0 Å². The number of ether oxygens (including phenoxy) is 1. The molecule has 1 aliphatic heterocycles. The average Bonchev–Trinajstić information content (AvgIpc) is 3.15. The number of furan rings is 1. The Hall–Kier alpha value is -3.05. The average molecular weight is 363 g/mol. The Morgan fingerprint density at radius 1 is 1.07 bits per heavy atom. The van der Waals surface area contributed by atoms with Gasteiger partial charge in [0.2, 0.25) is 5.76 Å². The lowest BCUT2D eigenvalue weighted by Gasteiger charge is -2.41. The molecule has 138 valence electrons. The molecule has 0 bridgehead atoms. The first-order valence-corrected chi connectivity index (χ1v) is 9.02. The number of nitrogens with zero attached hydrogens (tertiary/aromatic N) is 1. The van der Waals surface area contributed by atoms with Gasteiger partial charge in [-0.3, -0.25) is 4.90 Å². The molecule has 5 heteroatoms. The topological polar surface area (TPSA) is 62.9 Å². The van der Waals surface area contributed by atoms with Crippen LogP contribution in [-0.4, -0.2) is 22.5 Å². The van der Waals surface area contributed by atoms with Gasteiger partial charge in [0.05, 0.1) is 0 Å². The van der Waals surface area contributed by atoms with Gasteiger partial charge in [0, 0.05) is 19.1 Å². The fraction of sp³-hybridized carbons (Fsp3) is 0.227. The highest BCUT2D eigenvalue weighted by Gasteiger charge is 2.28. The molecule has 5 nitrogen and oxygen atoms in total. The summed E-state index contributed by atoms with van der Waals surface area (Å²) in [5, 5.41) is 8.86. The molecule has 1 aromatic heterocycles. The Bertz CT molecular complexity index is 902. The van der Waals surface area contributed by atoms with Crippen LogP contribution in [0.1, 0.15) is 39.9 Å². The fourth-order valence-electron chi connectivity index (χ4n) is 3.33. The van der Waals surface area contributed by atoms with Gasteiger partial charge in [-0.1, -0.05) is 42.5 Å². The van der Waals surface area contributed by atoms with Crippen LogP contribution in [0.15, 0.2) is 71.1 Å². The second kappa shape index (κ2) is 7.68. The molecule has 0 amide bonds. The number of aromatic carboxylic acids is 1. The minimum atomic E-state index is -1.08. The maximum atomic E-state index is 10.8. The normalized spacial score (nSPS) is 16.7. The van der Waals surface area contributed by atoms with Crippen LogP contribution in [0.3, 0.4) is 0 Å². The van der Waals surface area contributed by atoms with Crippen molar-refractivity contribution in [3.8, 4) is 5.75 Å². The summed E-state index contributed by atoms with van der Waals surface area (Å²) in [6, 6.07) is 22.2. The molecule has 1 unspecified atom stereocenters. The molecule has 0 aliphatic carbocycles. The van der Waals surface area contributed by atoms with Crippen LogP contribution in [0.2, 0.25) is 0 Å². The van der Waals surface area contributed by atoms with Gasteiger partial charge < -0.3 is 14.3 Å². The Labute approximate surface area is 157 Å². The quantitative estimate of drug-likeness (QED) is 0.669. The highest BCUT2D eigenvalue weighted by Crippen LogP contribution is 2.34. The van der Waals surface area contributed by atoms with Crippen LogP contribution < -0.4 is 4.74 Å². The SMILES string of the molecule is O=C(O)c1ccc(COc2ccc(CN3CCC3c3ccccc3)cc2)o1. The highest BCUT2D eigenvalue weighted by molar-refractivity contribution is 5.84. The molecule has 1 atom stereocenters. The molecule has 1 saturated heterocycles. The van der Waals surface area contributed by atoms with Crippen molar-refractivity contribution < 1.29 is 19.1 Å². The fourth-order valence-corrected chi connectivity index (χ4v) is 3.33. The third kappa shape index (κ3) is 4.04. The summed E-state index contributed by atoms with van der Waals surface area (Å²) in [7, 11) is 0. The molecular formula is C22H21NO4. The van der Waals surface area contributed by atoms with Crippen molar-refractivity contribution in [3.05, 3.63) is 89.4 Å². The van der Waals surface area contributed by atoms with E-state index >= 15 is 0 Å². The van der Waals surface area contributed by atoms with E-state index in [4.69, 9.17) is 14.3 Å². The zero-order valence-corrected chi connectivity index (χ0v) is 14.9. The summed E-state index contributed by atoms with van der Waals surface area (Å²) >= 11 is 0. The first-order valence-electron chi connectivity index (χ1n) is 9.02. The zero-order valence-electron chi connectivity index (χ0n) is 14.9. The molecule has 2 aromatic carbocycles. The van der Waals surface area contributed by atoms with Crippen molar-refractivity contribution >= 4 is 5.97 Å². The van der Waals surface area contributed by atoms with E-state index in [-0.39, 0.29) is 12.4 Å². The molecule has 1 fully saturated rings. The smallest absolute Gasteiger partial charge is 0.371 e. The lowest BCUT2D eigenvalue weighted by molar-refractivity contribution is 0.0658. The number of carboxylic acid groups (broad SMARTS) is 1. The Morgan fingerprint density at radius 2 is 1.85 bits per heavy atom. The van der Waals surface area contributed by atoms with Gasteiger partial charge in [0.25, 0.3) is 0 Å². The predicted molar refractivity (Wildman–Crippen MR) is 101 cm³/mol. The summed E-state index contributed by atoms with van der Waals surface area (Å²) in [5.41, 5.74) is 2.62. The van der Waals surface area contributed by atoms with Gasteiger partial charge in [-0.25, -0.2) is 4.79 Å². The number of hydrogen-bond donors (Lipinski definition) is 1. The number of hydrogen-bond acceptors (Lipinski definition) is 4. The van der Waals surface area contributed by atoms with Gasteiger partial charge in [-0.15, -0.1) is 0 Å². The van der Waals surface area contributed by atoms with Crippen LogP contribution >= 0.6 is 0 Å². The van der Waals surface area contributed by atoms with Gasteiger partial charge in [-0.05, 0) is 41.8 Å². The molecule has 3 aromatic rings. The summed E-state index contributed by atoms with van der Waals surface area (Å²) in [5.74, 6) is 0.0647. The van der Waals surface area contributed by atoms with E-state index in [1.54, 1.807) is 6.07 Å². The summed E-state index contributed by atoms with van der Waals surface area (Å²) in [6.45, 7) is 2.23. The van der Waals surface area contributed by atoms with Crippen molar-refractivity contribution in [3.63, 3.8) is 0 Å². The van der Waals surface area contributed by atoms with Gasteiger partial charge in [0.1, 0.15) is 18.1 Å². The van der Waals surface area contributed by atoms with E-state index < -0.39 is 5.97 Å². The maximum Gasteiger partial charge on any atom is 0.371 e. The molecule has 4 rings (SSSR count). The Balaban J connectivity index is 1.31. The van der Waals surface area contributed by atoms with E-state index in [0.717, 1.165) is 18.8 Å². The van der Waals surface area contributed by atoms with Crippen molar-refractivity contribution in [1.82, 2.24) is 4.90 Å². The number of likely N-dealkylation sites (tertiary alicyclic amines) is 1. The maximum absolute atomic E-state index is 10.8.